The second-order valence-electron chi connectivity index (χ2n) is 6.38. The van der Waals surface area contributed by atoms with Crippen molar-refractivity contribution >= 4 is 18.1 Å². The van der Waals surface area contributed by atoms with Gasteiger partial charge < -0.3 is 23.4 Å². The summed E-state index contributed by atoms with van der Waals surface area (Å²) < 4.78 is 26.7. The zero-order chi connectivity index (χ0) is 21.6. The zero-order valence-electron chi connectivity index (χ0n) is 16.4. The highest BCUT2D eigenvalue weighted by molar-refractivity contribution is 5.89. The van der Waals surface area contributed by atoms with Crippen LogP contribution in [0.1, 0.15) is 16.1 Å². The molecule has 2 heterocycles. The predicted octanol–water partition coefficient (Wildman–Crippen LogP) is 2.80. The van der Waals surface area contributed by atoms with Gasteiger partial charge in [0.1, 0.15) is 6.61 Å². The molecular formula is C22H18N2O7. The first-order valence-electron chi connectivity index (χ1n) is 9.29. The lowest BCUT2D eigenvalue weighted by atomic mass is 10.2. The number of nitrogens with zero attached hydrogens (tertiary/aromatic N) is 1. The van der Waals surface area contributed by atoms with Gasteiger partial charge in [-0.3, -0.25) is 4.79 Å². The van der Waals surface area contributed by atoms with Gasteiger partial charge in [-0.05, 0) is 48.0 Å². The Kier molecular flexibility index (Phi) is 5.84. The summed E-state index contributed by atoms with van der Waals surface area (Å²) in [4.78, 5) is 24.3. The fraction of sp³-hybridized carbons (Fsp3) is 0.136. The molecule has 3 aromatic rings. The first-order chi connectivity index (χ1) is 15.1. The van der Waals surface area contributed by atoms with Crippen molar-refractivity contribution < 1.29 is 33.0 Å². The SMILES string of the molecule is COc1cc(/C=N\NC(=O)[C@H]2COc3ccccc3O2)ccc1OC(=O)c1ccco1. The molecule has 1 N–H and O–H groups in total. The number of hydrazone groups is 1. The van der Waals surface area contributed by atoms with Crippen LogP contribution in [0.2, 0.25) is 0 Å². The van der Waals surface area contributed by atoms with E-state index in [-0.39, 0.29) is 18.1 Å². The minimum Gasteiger partial charge on any atom is -0.493 e. The molecule has 9 heteroatoms. The van der Waals surface area contributed by atoms with E-state index < -0.39 is 18.0 Å². The molecule has 1 amide bonds. The second kappa shape index (κ2) is 9.04. The van der Waals surface area contributed by atoms with E-state index in [0.717, 1.165) is 0 Å². The number of hydrogen-bond acceptors (Lipinski definition) is 8. The molecule has 0 aliphatic carbocycles. The number of amides is 1. The Hall–Kier alpha value is -4.27. The van der Waals surface area contributed by atoms with Crippen molar-refractivity contribution in [3.8, 4) is 23.0 Å². The summed E-state index contributed by atoms with van der Waals surface area (Å²) in [5.41, 5.74) is 3.03. The van der Waals surface area contributed by atoms with E-state index in [0.29, 0.717) is 22.8 Å². The second-order valence-corrected chi connectivity index (χ2v) is 6.38. The molecule has 1 aliphatic rings. The first kappa shape index (κ1) is 20.0. The third-order valence-corrected chi connectivity index (χ3v) is 4.30. The zero-order valence-corrected chi connectivity index (χ0v) is 16.4. The Labute approximate surface area is 177 Å². The molecule has 4 rings (SSSR count). The van der Waals surface area contributed by atoms with Crippen LogP contribution in [-0.2, 0) is 4.79 Å². The van der Waals surface area contributed by atoms with Gasteiger partial charge in [0, 0.05) is 0 Å². The van der Waals surface area contributed by atoms with Crippen molar-refractivity contribution in [3.63, 3.8) is 0 Å². The van der Waals surface area contributed by atoms with Gasteiger partial charge in [-0.1, -0.05) is 12.1 Å². The topological polar surface area (TPSA) is 109 Å². The number of hydrogen-bond donors (Lipinski definition) is 1. The van der Waals surface area contributed by atoms with Crippen molar-refractivity contribution in [2.45, 2.75) is 6.10 Å². The predicted molar refractivity (Wildman–Crippen MR) is 109 cm³/mol. The Morgan fingerprint density at radius 1 is 1.10 bits per heavy atom. The summed E-state index contributed by atoms with van der Waals surface area (Å²) in [6.45, 7) is 0.0852. The Bertz CT molecular complexity index is 1110. The fourth-order valence-electron chi connectivity index (χ4n) is 2.78. The van der Waals surface area contributed by atoms with Crippen LogP contribution in [0.25, 0.3) is 0 Å². The number of rotatable bonds is 6. The lowest BCUT2D eigenvalue weighted by Crippen LogP contribution is -2.42. The van der Waals surface area contributed by atoms with E-state index in [1.54, 1.807) is 42.5 Å². The number of para-hydroxylation sites is 2. The number of methoxy groups -OCH3 is 1. The highest BCUT2D eigenvalue weighted by Crippen LogP contribution is 2.31. The van der Waals surface area contributed by atoms with Crippen molar-refractivity contribution in [2.75, 3.05) is 13.7 Å². The van der Waals surface area contributed by atoms with Crippen molar-refractivity contribution in [2.24, 2.45) is 5.10 Å². The van der Waals surface area contributed by atoms with Crippen LogP contribution in [0.5, 0.6) is 23.0 Å². The maximum absolute atomic E-state index is 12.3. The minimum absolute atomic E-state index is 0.0759. The summed E-state index contributed by atoms with van der Waals surface area (Å²) in [6.07, 6.45) is 1.99. The number of nitrogens with one attached hydrogen (secondary N) is 1. The molecule has 1 aromatic heterocycles. The normalized spacial score (nSPS) is 14.8. The van der Waals surface area contributed by atoms with E-state index >= 15 is 0 Å². The van der Waals surface area contributed by atoms with Gasteiger partial charge in [-0.2, -0.15) is 5.10 Å². The molecule has 0 unspecified atom stereocenters. The fourth-order valence-corrected chi connectivity index (χ4v) is 2.78. The molecule has 1 atom stereocenters. The Morgan fingerprint density at radius 3 is 2.71 bits per heavy atom. The molecule has 2 aromatic carbocycles. The van der Waals surface area contributed by atoms with Gasteiger partial charge >= 0.3 is 5.97 Å². The number of esters is 1. The third-order valence-electron chi connectivity index (χ3n) is 4.30. The van der Waals surface area contributed by atoms with Crippen LogP contribution in [0.4, 0.5) is 0 Å². The number of ether oxygens (including phenoxy) is 4. The minimum atomic E-state index is -0.815. The highest BCUT2D eigenvalue weighted by atomic mass is 16.6. The number of benzene rings is 2. The lowest BCUT2D eigenvalue weighted by molar-refractivity contribution is -0.130. The van der Waals surface area contributed by atoms with Crippen LogP contribution >= 0.6 is 0 Å². The summed E-state index contributed by atoms with van der Waals surface area (Å²) in [5, 5.41) is 3.94. The average molecular weight is 422 g/mol. The number of carbonyl (C=O) groups excluding carboxylic acids is 2. The van der Waals surface area contributed by atoms with E-state index in [4.69, 9.17) is 23.4 Å². The van der Waals surface area contributed by atoms with Gasteiger partial charge in [0.15, 0.2) is 23.0 Å². The lowest BCUT2D eigenvalue weighted by Gasteiger charge is -2.24. The molecule has 9 nitrogen and oxygen atoms in total. The van der Waals surface area contributed by atoms with Crippen molar-refractivity contribution in [1.29, 1.82) is 0 Å². The summed E-state index contributed by atoms with van der Waals surface area (Å²) in [7, 11) is 1.44. The maximum atomic E-state index is 12.3. The average Bonchev–Trinajstić information content (AvgIpc) is 3.34. The first-order valence-corrected chi connectivity index (χ1v) is 9.29. The van der Waals surface area contributed by atoms with Crippen molar-refractivity contribution in [1.82, 2.24) is 5.43 Å². The van der Waals surface area contributed by atoms with Crippen LogP contribution in [0.3, 0.4) is 0 Å². The monoisotopic (exact) mass is 422 g/mol. The van der Waals surface area contributed by atoms with Crippen molar-refractivity contribution in [3.05, 3.63) is 72.2 Å². The van der Waals surface area contributed by atoms with E-state index in [1.165, 1.54) is 25.7 Å². The molecule has 0 bridgehead atoms. The van der Waals surface area contributed by atoms with Crippen LogP contribution in [-0.4, -0.2) is 37.9 Å². The molecule has 0 spiro atoms. The van der Waals surface area contributed by atoms with Gasteiger partial charge in [0.05, 0.1) is 19.6 Å². The molecule has 0 fully saturated rings. The van der Waals surface area contributed by atoms with Gasteiger partial charge in [0.2, 0.25) is 11.9 Å². The largest absolute Gasteiger partial charge is 0.493 e. The van der Waals surface area contributed by atoms with Crippen LogP contribution in [0, 0.1) is 0 Å². The quantitative estimate of drug-likeness (QED) is 0.282. The highest BCUT2D eigenvalue weighted by Gasteiger charge is 2.27. The molecule has 0 radical (unpaired) electrons. The van der Waals surface area contributed by atoms with Crippen LogP contribution in [0.15, 0.2) is 70.4 Å². The van der Waals surface area contributed by atoms with Crippen LogP contribution < -0.4 is 24.4 Å². The number of carbonyl (C=O) groups is 2. The van der Waals surface area contributed by atoms with Gasteiger partial charge in [0.25, 0.3) is 5.91 Å². The summed E-state index contributed by atoms with van der Waals surface area (Å²) in [6, 6.07) is 15.0. The van der Waals surface area contributed by atoms with Gasteiger partial charge in [-0.15, -0.1) is 0 Å². The van der Waals surface area contributed by atoms with E-state index in [9.17, 15) is 9.59 Å². The summed E-state index contributed by atoms with van der Waals surface area (Å²) >= 11 is 0. The van der Waals surface area contributed by atoms with E-state index in [1.807, 2.05) is 6.07 Å². The Balaban J connectivity index is 1.36. The molecule has 31 heavy (non-hydrogen) atoms. The molecule has 1 aliphatic heterocycles. The van der Waals surface area contributed by atoms with Gasteiger partial charge in [-0.25, -0.2) is 10.2 Å². The molecular weight excluding hydrogens is 404 g/mol. The van der Waals surface area contributed by atoms with E-state index in [2.05, 4.69) is 10.5 Å². The standard InChI is InChI=1S/C22H18N2O7/c1-27-19-11-14(8-9-17(19)31-22(26)18-7-4-10-28-18)12-23-24-21(25)20-13-29-15-5-2-3-6-16(15)30-20/h2-12,20H,13H2,1H3,(H,24,25)/b23-12-/t20-/m1/s1. The number of fused-ring (bicyclic) bond motifs is 1. The smallest absolute Gasteiger partial charge is 0.379 e. The third kappa shape index (κ3) is 4.67. The molecule has 0 saturated heterocycles. The maximum Gasteiger partial charge on any atom is 0.379 e. The molecule has 158 valence electrons. The molecule has 0 saturated carbocycles. The Morgan fingerprint density at radius 2 is 1.94 bits per heavy atom. The summed E-state index contributed by atoms with van der Waals surface area (Å²) in [5.74, 6) is 0.617. The number of furan rings is 1.